The van der Waals surface area contributed by atoms with Crippen LogP contribution in [0, 0.1) is 0 Å². The number of carbonyl (C=O) groups is 1. The quantitative estimate of drug-likeness (QED) is 0.809. The number of ether oxygens (including phenoxy) is 2. The van der Waals surface area contributed by atoms with E-state index in [2.05, 4.69) is 21.2 Å². The molecule has 0 radical (unpaired) electrons. The first-order chi connectivity index (χ1) is 8.97. The van der Waals surface area contributed by atoms with Crippen LogP contribution in [0.1, 0.15) is 18.9 Å². The van der Waals surface area contributed by atoms with Gasteiger partial charge in [0.1, 0.15) is 0 Å². The van der Waals surface area contributed by atoms with Gasteiger partial charge in [-0.05, 0) is 24.6 Å². The summed E-state index contributed by atoms with van der Waals surface area (Å²) in [6.07, 6.45) is 0.310. The highest BCUT2D eigenvalue weighted by Crippen LogP contribution is 2.33. The highest BCUT2D eigenvalue weighted by Gasteiger charge is 2.11. The zero-order chi connectivity index (χ0) is 14.4. The van der Waals surface area contributed by atoms with Gasteiger partial charge in [-0.1, -0.05) is 15.9 Å². The molecule has 20 heavy (non-hydrogen) atoms. The maximum atomic E-state index is 11.6. The number of hydrogen-bond acceptors (Lipinski definition) is 4. The number of rotatable bonds is 6. The third kappa shape index (κ3) is 5.56. The van der Waals surface area contributed by atoms with E-state index < -0.39 is 0 Å². The Labute approximate surface area is 133 Å². The minimum Gasteiger partial charge on any atom is -0.493 e. The van der Waals surface area contributed by atoms with Gasteiger partial charge in [0.25, 0.3) is 0 Å². The third-order valence-corrected chi connectivity index (χ3v) is 3.27. The van der Waals surface area contributed by atoms with Crippen molar-refractivity contribution in [3.63, 3.8) is 0 Å². The lowest BCUT2D eigenvalue weighted by Gasteiger charge is -2.13. The zero-order valence-electron chi connectivity index (χ0n) is 11.7. The normalized spacial score (nSPS) is 11.2. The fraction of sp³-hybridized carbons (Fsp3) is 0.462. The van der Waals surface area contributed by atoms with Crippen molar-refractivity contribution in [1.29, 1.82) is 0 Å². The lowest BCUT2D eigenvalue weighted by Crippen LogP contribution is -2.29. The number of methoxy groups -OCH3 is 2. The molecule has 1 amide bonds. The van der Waals surface area contributed by atoms with Gasteiger partial charge in [0.05, 0.1) is 14.2 Å². The fourth-order valence-corrected chi connectivity index (χ4v) is 2.05. The van der Waals surface area contributed by atoms with Gasteiger partial charge in [-0.25, -0.2) is 0 Å². The standard InChI is InChI=1S/C13H19BrN2O3.ClH/c1-8(15)4-13(17)16-7-9-5-11(18-2)12(19-3)6-10(9)14;/h5-6,8H,4,7,15H2,1-3H3,(H,16,17);1H. The van der Waals surface area contributed by atoms with Gasteiger partial charge in [-0.3, -0.25) is 4.79 Å². The van der Waals surface area contributed by atoms with Gasteiger partial charge in [-0.2, -0.15) is 0 Å². The Morgan fingerprint density at radius 1 is 1.35 bits per heavy atom. The van der Waals surface area contributed by atoms with Crippen molar-refractivity contribution in [2.45, 2.75) is 25.9 Å². The molecule has 1 aromatic carbocycles. The van der Waals surface area contributed by atoms with Crippen molar-refractivity contribution in [2.75, 3.05) is 14.2 Å². The predicted octanol–water partition coefficient (Wildman–Crippen LogP) is 2.24. The molecule has 0 heterocycles. The van der Waals surface area contributed by atoms with E-state index in [9.17, 15) is 4.79 Å². The molecule has 0 saturated carbocycles. The third-order valence-electron chi connectivity index (χ3n) is 2.54. The Bertz CT molecular complexity index is 455. The molecule has 0 saturated heterocycles. The Hall–Kier alpha value is -0.980. The first-order valence-corrected chi connectivity index (χ1v) is 6.70. The van der Waals surface area contributed by atoms with Gasteiger partial charge in [0, 0.05) is 23.5 Å². The molecule has 0 aliphatic carbocycles. The van der Waals surface area contributed by atoms with Gasteiger partial charge in [0.15, 0.2) is 11.5 Å². The summed E-state index contributed by atoms with van der Waals surface area (Å²) in [6, 6.07) is 3.50. The number of benzene rings is 1. The highest BCUT2D eigenvalue weighted by molar-refractivity contribution is 9.10. The van der Waals surface area contributed by atoms with Crippen LogP contribution in [0.15, 0.2) is 16.6 Å². The molecule has 0 aliphatic rings. The second kappa shape index (κ2) is 9.05. The molecular weight excluding hydrogens is 348 g/mol. The molecule has 5 nitrogen and oxygen atoms in total. The van der Waals surface area contributed by atoms with Crippen molar-refractivity contribution in [1.82, 2.24) is 5.32 Å². The Balaban J connectivity index is 0.00000361. The second-order valence-electron chi connectivity index (χ2n) is 4.26. The average Bonchev–Trinajstić information content (AvgIpc) is 2.36. The van der Waals surface area contributed by atoms with Crippen LogP contribution in [0.3, 0.4) is 0 Å². The second-order valence-corrected chi connectivity index (χ2v) is 5.11. The molecule has 7 heteroatoms. The van der Waals surface area contributed by atoms with Gasteiger partial charge in [-0.15, -0.1) is 12.4 Å². The Morgan fingerprint density at radius 3 is 2.40 bits per heavy atom. The van der Waals surface area contributed by atoms with E-state index in [-0.39, 0.29) is 24.4 Å². The lowest BCUT2D eigenvalue weighted by molar-refractivity contribution is -0.121. The van der Waals surface area contributed by atoms with E-state index in [1.165, 1.54) is 0 Å². The summed E-state index contributed by atoms with van der Waals surface area (Å²) in [5.41, 5.74) is 6.48. The van der Waals surface area contributed by atoms with Gasteiger partial charge >= 0.3 is 0 Å². The minimum atomic E-state index is -0.145. The van der Waals surface area contributed by atoms with Crippen molar-refractivity contribution < 1.29 is 14.3 Å². The van der Waals surface area contributed by atoms with Crippen molar-refractivity contribution >= 4 is 34.2 Å². The number of halogens is 2. The van der Waals surface area contributed by atoms with Crippen LogP contribution in [-0.4, -0.2) is 26.2 Å². The highest BCUT2D eigenvalue weighted by atomic mass is 79.9. The average molecular weight is 368 g/mol. The van der Waals surface area contributed by atoms with E-state index in [1.54, 1.807) is 21.1 Å². The van der Waals surface area contributed by atoms with Crippen LogP contribution >= 0.6 is 28.3 Å². The van der Waals surface area contributed by atoms with Crippen LogP contribution in [0.25, 0.3) is 0 Å². The number of carbonyl (C=O) groups excluding carboxylic acids is 1. The molecule has 0 aromatic heterocycles. The van der Waals surface area contributed by atoms with E-state index in [1.807, 2.05) is 12.1 Å². The summed E-state index contributed by atoms with van der Waals surface area (Å²) in [5, 5.41) is 2.81. The van der Waals surface area contributed by atoms with E-state index in [4.69, 9.17) is 15.2 Å². The van der Waals surface area contributed by atoms with Gasteiger partial charge < -0.3 is 20.5 Å². The zero-order valence-corrected chi connectivity index (χ0v) is 14.1. The maximum absolute atomic E-state index is 11.6. The summed E-state index contributed by atoms with van der Waals surface area (Å²) in [5.74, 6) is 1.19. The van der Waals surface area contributed by atoms with E-state index in [0.29, 0.717) is 24.5 Å². The summed E-state index contributed by atoms with van der Waals surface area (Å²) in [7, 11) is 3.15. The SMILES string of the molecule is COc1cc(Br)c(CNC(=O)CC(C)N)cc1OC.Cl. The van der Waals surface area contributed by atoms with Crippen LogP contribution in [0.5, 0.6) is 11.5 Å². The van der Waals surface area contributed by atoms with Crippen LogP contribution in [-0.2, 0) is 11.3 Å². The first kappa shape index (κ1) is 19.0. The Morgan fingerprint density at radius 2 is 1.90 bits per heavy atom. The summed E-state index contributed by atoms with van der Waals surface area (Å²) < 4.78 is 11.3. The molecule has 3 N–H and O–H groups in total. The monoisotopic (exact) mass is 366 g/mol. The maximum Gasteiger partial charge on any atom is 0.221 e. The molecule has 0 aliphatic heterocycles. The fourth-order valence-electron chi connectivity index (χ4n) is 1.59. The topological polar surface area (TPSA) is 73.6 Å². The van der Waals surface area contributed by atoms with E-state index in [0.717, 1.165) is 10.0 Å². The van der Waals surface area contributed by atoms with Crippen molar-refractivity contribution in [2.24, 2.45) is 5.73 Å². The molecule has 114 valence electrons. The lowest BCUT2D eigenvalue weighted by atomic mass is 10.2. The van der Waals surface area contributed by atoms with Crippen molar-refractivity contribution in [3.05, 3.63) is 22.2 Å². The first-order valence-electron chi connectivity index (χ1n) is 5.90. The number of nitrogens with one attached hydrogen (secondary N) is 1. The summed E-state index contributed by atoms with van der Waals surface area (Å²) in [4.78, 5) is 11.6. The molecule has 1 rings (SSSR count). The smallest absolute Gasteiger partial charge is 0.221 e. The van der Waals surface area contributed by atoms with Crippen molar-refractivity contribution in [3.8, 4) is 11.5 Å². The molecule has 0 bridgehead atoms. The Kier molecular flexibility index (Phi) is 8.60. The molecule has 1 atom stereocenters. The van der Waals surface area contributed by atoms with Crippen LogP contribution in [0.2, 0.25) is 0 Å². The molecule has 0 spiro atoms. The van der Waals surface area contributed by atoms with Crippen LogP contribution < -0.4 is 20.5 Å². The largest absolute Gasteiger partial charge is 0.493 e. The minimum absolute atomic E-state index is 0. The number of hydrogen-bond donors (Lipinski definition) is 2. The van der Waals surface area contributed by atoms with Gasteiger partial charge in [0.2, 0.25) is 5.91 Å². The predicted molar refractivity (Wildman–Crippen MR) is 84.6 cm³/mol. The molecule has 0 fully saturated rings. The molecule has 1 unspecified atom stereocenters. The number of amides is 1. The number of nitrogens with two attached hydrogens (primary N) is 1. The van der Waals surface area contributed by atoms with E-state index >= 15 is 0 Å². The molecule has 1 aromatic rings. The summed E-state index contributed by atoms with van der Waals surface area (Å²) in [6.45, 7) is 2.21. The van der Waals surface area contributed by atoms with Crippen LogP contribution in [0.4, 0.5) is 0 Å². The molecular formula is C13H20BrClN2O3. The summed E-state index contributed by atoms with van der Waals surface area (Å²) >= 11 is 3.44.